The molecule has 0 radical (unpaired) electrons. The number of nitrogens with zero attached hydrogens (tertiary/aromatic N) is 1. The van der Waals surface area contributed by atoms with Gasteiger partial charge in [0.1, 0.15) is 6.10 Å². The molecule has 3 rings (SSSR count). The predicted octanol–water partition coefficient (Wildman–Crippen LogP) is 2.83. The van der Waals surface area contributed by atoms with Gasteiger partial charge in [-0.1, -0.05) is 29.8 Å². The number of halogens is 1. The summed E-state index contributed by atoms with van der Waals surface area (Å²) in [5.41, 5.74) is 0.953. The van der Waals surface area contributed by atoms with E-state index in [0.29, 0.717) is 30.6 Å². The Morgan fingerprint density at radius 1 is 1.40 bits per heavy atom. The maximum Gasteiger partial charge on any atom is 0.317 e. The van der Waals surface area contributed by atoms with Gasteiger partial charge in [-0.15, -0.1) is 0 Å². The largest absolute Gasteiger partial charge is 0.370 e. The first-order valence-electron chi connectivity index (χ1n) is 7.13. The second-order valence-corrected chi connectivity index (χ2v) is 5.86. The van der Waals surface area contributed by atoms with Crippen molar-refractivity contribution in [1.29, 1.82) is 0 Å². The molecule has 1 N–H and O–H groups in total. The second-order valence-electron chi connectivity index (χ2n) is 5.46. The van der Waals surface area contributed by atoms with Gasteiger partial charge in [0.25, 0.3) is 0 Å². The molecule has 108 valence electrons. The highest BCUT2D eigenvalue weighted by molar-refractivity contribution is 6.31. The molecule has 5 heteroatoms. The molecule has 1 saturated carbocycles. The van der Waals surface area contributed by atoms with E-state index in [2.05, 4.69) is 5.32 Å². The zero-order chi connectivity index (χ0) is 13.9. The summed E-state index contributed by atoms with van der Waals surface area (Å²) in [7, 11) is 0. The first kappa shape index (κ1) is 13.7. The highest BCUT2D eigenvalue weighted by Crippen LogP contribution is 2.29. The summed E-state index contributed by atoms with van der Waals surface area (Å²) in [4.78, 5) is 13.9. The smallest absolute Gasteiger partial charge is 0.317 e. The van der Waals surface area contributed by atoms with Gasteiger partial charge in [0, 0.05) is 23.7 Å². The molecule has 2 fully saturated rings. The number of carbonyl (C=O) groups is 1. The maximum atomic E-state index is 12.1. The zero-order valence-electron chi connectivity index (χ0n) is 11.3. The summed E-state index contributed by atoms with van der Waals surface area (Å²) < 4.78 is 5.76. The van der Waals surface area contributed by atoms with Crippen LogP contribution in [-0.2, 0) is 4.74 Å². The van der Waals surface area contributed by atoms with E-state index in [1.807, 2.05) is 29.2 Å². The van der Waals surface area contributed by atoms with E-state index in [1.54, 1.807) is 0 Å². The molecule has 2 amide bonds. The molecule has 0 spiro atoms. The van der Waals surface area contributed by atoms with Crippen molar-refractivity contribution in [3.63, 3.8) is 0 Å². The third-order valence-electron chi connectivity index (χ3n) is 3.84. The van der Waals surface area contributed by atoms with E-state index in [4.69, 9.17) is 16.3 Å². The Morgan fingerprint density at radius 2 is 2.20 bits per heavy atom. The van der Waals surface area contributed by atoms with Crippen molar-refractivity contribution in [3.8, 4) is 0 Å². The van der Waals surface area contributed by atoms with Gasteiger partial charge >= 0.3 is 6.03 Å². The first-order valence-corrected chi connectivity index (χ1v) is 7.50. The molecule has 1 saturated heterocycles. The summed E-state index contributed by atoms with van der Waals surface area (Å²) in [5.74, 6) is 0.694. The van der Waals surface area contributed by atoms with E-state index in [1.165, 1.54) is 12.8 Å². The van der Waals surface area contributed by atoms with Crippen molar-refractivity contribution in [1.82, 2.24) is 10.2 Å². The second kappa shape index (κ2) is 6.02. The van der Waals surface area contributed by atoms with Crippen LogP contribution in [0.2, 0.25) is 5.02 Å². The molecule has 1 heterocycles. The molecule has 0 bridgehead atoms. The van der Waals surface area contributed by atoms with Crippen molar-refractivity contribution in [2.45, 2.75) is 18.9 Å². The number of carbonyl (C=O) groups excluding carboxylic acids is 1. The Labute approximate surface area is 124 Å². The number of benzene rings is 1. The minimum atomic E-state index is -0.135. The minimum Gasteiger partial charge on any atom is -0.370 e. The van der Waals surface area contributed by atoms with E-state index in [0.717, 1.165) is 12.1 Å². The lowest BCUT2D eigenvalue weighted by Gasteiger charge is -2.33. The molecule has 0 unspecified atom stereocenters. The van der Waals surface area contributed by atoms with Gasteiger partial charge in [-0.2, -0.15) is 0 Å². The number of rotatable bonds is 3. The molecule has 1 aliphatic carbocycles. The highest BCUT2D eigenvalue weighted by Gasteiger charge is 2.28. The zero-order valence-corrected chi connectivity index (χ0v) is 12.1. The highest BCUT2D eigenvalue weighted by atomic mass is 35.5. The lowest BCUT2D eigenvalue weighted by molar-refractivity contribution is -0.0153. The van der Waals surface area contributed by atoms with Crippen molar-refractivity contribution in [3.05, 3.63) is 34.9 Å². The van der Waals surface area contributed by atoms with Crippen molar-refractivity contribution >= 4 is 17.6 Å². The van der Waals surface area contributed by atoms with Crippen LogP contribution < -0.4 is 5.32 Å². The number of urea groups is 1. The van der Waals surface area contributed by atoms with Crippen molar-refractivity contribution < 1.29 is 9.53 Å². The lowest BCUT2D eigenvalue weighted by atomic mass is 10.1. The van der Waals surface area contributed by atoms with Gasteiger partial charge in [-0.05, 0) is 24.8 Å². The monoisotopic (exact) mass is 294 g/mol. The van der Waals surface area contributed by atoms with Crippen LogP contribution in [0, 0.1) is 5.92 Å². The standard InChI is InChI=1S/C15H19ClN2O2/c16-13-4-2-1-3-12(13)14-10-18(7-8-20-14)15(19)17-9-11-5-6-11/h1-4,11,14H,5-10H2,(H,17,19)/t14-/m0/s1. The third-order valence-corrected chi connectivity index (χ3v) is 4.19. The topological polar surface area (TPSA) is 41.6 Å². The normalized spacial score (nSPS) is 22.6. The molecular formula is C15H19ClN2O2. The number of nitrogens with one attached hydrogen (secondary N) is 1. The van der Waals surface area contributed by atoms with Crippen LogP contribution in [0.25, 0.3) is 0 Å². The van der Waals surface area contributed by atoms with Gasteiger partial charge in [-0.25, -0.2) is 4.79 Å². The predicted molar refractivity (Wildman–Crippen MR) is 77.8 cm³/mol. The van der Waals surface area contributed by atoms with Gasteiger partial charge < -0.3 is 15.0 Å². The fourth-order valence-corrected chi connectivity index (χ4v) is 2.68. The Bertz CT molecular complexity index is 491. The molecular weight excluding hydrogens is 276 g/mol. The Kier molecular flexibility index (Phi) is 4.13. The molecule has 1 atom stereocenters. The Hall–Kier alpha value is -1.26. The van der Waals surface area contributed by atoms with E-state index in [-0.39, 0.29) is 12.1 Å². The first-order chi connectivity index (χ1) is 9.74. The van der Waals surface area contributed by atoms with Crippen LogP contribution in [-0.4, -0.2) is 37.2 Å². The van der Waals surface area contributed by atoms with Crippen LogP contribution in [0.1, 0.15) is 24.5 Å². The number of ether oxygens (including phenoxy) is 1. The summed E-state index contributed by atoms with van der Waals surface area (Å²) in [6.07, 6.45) is 2.35. The van der Waals surface area contributed by atoms with Crippen molar-refractivity contribution in [2.75, 3.05) is 26.2 Å². The Balaban J connectivity index is 1.60. The van der Waals surface area contributed by atoms with Gasteiger partial charge in [0.2, 0.25) is 0 Å². The number of hydrogen-bond donors (Lipinski definition) is 1. The average molecular weight is 295 g/mol. The lowest BCUT2D eigenvalue weighted by Crippen LogP contribution is -2.47. The van der Waals surface area contributed by atoms with Crippen LogP contribution in [0.5, 0.6) is 0 Å². The molecule has 1 aromatic carbocycles. The van der Waals surface area contributed by atoms with Gasteiger partial charge in [-0.3, -0.25) is 0 Å². The third kappa shape index (κ3) is 3.25. The molecule has 2 aliphatic rings. The molecule has 4 nitrogen and oxygen atoms in total. The molecule has 0 aromatic heterocycles. The SMILES string of the molecule is O=C(NCC1CC1)N1CCO[C@H](c2ccccc2Cl)C1. The van der Waals surface area contributed by atoms with E-state index in [9.17, 15) is 4.79 Å². The Morgan fingerprint density at radius 3 is 2.95 bits per heavy atom. The van der Waals surface area contributed by atoms with Crippen molar-refractivity contribution in [2.24, 2.45) is 5.92 Å². The number of amides is 2. The molecule has 1 aromatic rings. The minimum absolute atomic E-state index is 0.0113. The molecule has 1 aliphatic heterocycles. The van der Waals surface area contributed by atoms with E-state index < -0.39 is 0 Å². The number of hydrogen-bond acceptors (Lipinski definition) is 2. The van der Waals surface area contributed by atoms with Gasteiger partial charge in [0.05, 0.1) is 13.2 Å². The molecule has 20 heavy (non-hydrogen) atoms. The van der Waals surface area contributed by atoms with Crippen LogP contribution in [0.4, 0.5) is 4.79 Å². The summed E-state index contributed by atoms with van der Waals surface area (Å²) >= 11 is 6.20. The summed E-state index contributed by atoms with van der Waals surface area (Å²) in [6, 6.07) is 7.66. The van der Waals surface area contributed by atoms with E-state index >= 15 is 0 Å². The van der Waals surface area contributed by atoms with Crippen LogP contribution in [0.15, 0.2) is 24.3 Å². The van der Waals surface area contributed by atoms with Crippen LogP contribution in [0.3, 0.4) is 0 Å². The van der Waals surface area contributed by atoms with Gasteiger partial charge in [0.15, 0.2) is 0 Å². The fourth-order valence-electron chi connectivity index (χ4n) is 2.42. The van der Waals surface area contributed by atoms with Crippen LogP contribution >= 0.6 is 11.6 Å². The summed E-state index contributed by atoms with van der Waals surface area (Å²) in [6.45, 7) is 2.54. The average Bonchev–Trinajstić information content (AvgIpc) is 3.29. The number of morpholine rings is 1. The fraction of sp³-hybridized carbons (Fsp3) is 0.533. The quantitative estimate of drug-likeness (QED) is 0.931. The summed E-state index contributed by atoms with van der Waals surface area (Å²) in [5, 5.41) is 3.69. The maximum absolute atomic E-state index is 12.1.